The molecule has 8 nitrogen and oxygen atoms in total. The van der Waals surface area contributed by atoms with Gasteiger partial charge in [0, 0.05) is 6.20 Å². The molecule has 0 bridgehead atoms. The van der Waals surface area contributed by atoms with Crippen LogP contribution in [0.4, 0.5) is 9.59 Å². The highest BCUT2D eigenvalue weighted by atomic mass is 16.8. The van der Waals surface area contributed by atoms with E-state index >= 15 is 0 Å². The van der Waals surface area contributed by atoms with E-state index in [4.69, 9.17) is 14.3 Å². The topological polar surface area (TPSA) is 93.8 Å². The van der Waals surface area contributed by atoms with Crippen LogP contribution in [0.15, 0.2) is 12.3 Å². The minimum atomic E-state index is -1.02. The number of aromatic nitrogens is 2. The van der Waals surface area contributed by atoms with Crippen molar-refractivity contribution < 1.29 is 23.9 Å². The number of aromatic amines is 1. The van der Waals surface area contributed by atoms with Gasteiger partial charge in [-0.1, -0.05) is 5.92 Å². The molecule has 0 radical (unpaired) electrons. The quantitative estimate of drug-likeness (QED) is 0.481. The Bertz CT molecular complexity index is 615. The maximum Gasteiger partial charge on any atom is 0.534 e. The van der Waals surface area contributed by atoms with Gasteiger partial charge in [0.15, 0.2) is 0 Å². The molecule has 0 aromatic carbocycles. The van der Waals surface area contributed by atoms with Crippen molar-refractivity contribution in [2.45, 2.75) is 52.7 Å². The molecule has 0 aliphatic heterocycles. The number of hydrogen-bond acceptors (Lipinski definition) is 6. The van der Waals surface area contributed by atoms with Crippen LogP contribution in [0.1, 0.15) is 47.2 Å². The molecule has 132 valence electrons. The third kappa shape index (κ3) is 8.08. The van der Waals surface area contributed by atoms with Crippen LogP contribution in [0.5, 0.6) is 0 Å². The van der Waals surface area contributed by atoms with Gasteiger partial charge in [-0.2, -0.15) is 5.10 Å². The Kier molecular flexibility index (Phi) is 6.23. The number of nitrogens with one attached hydrogen (secondary N) is 1. The zero-order valence-corrected chi connectivity index (χ0v) is 14.8. The molecule has 1 amide bonds. The van der Waals surface area contributed by atoms with Crippen LogP contribution in [-0.2, 0) is 14.3 Å². The van der Waals surface area contributed by atoms with Crippen LogP contribution in [-0.4, -0.2) is 45.3 Å². The molecule has 0 saturated heterocycles. The summed E-state index contributed by atoms with van der Waals surface area (Å²) in [5.41, 5.74) is -1.00. The third-order valence-corrected chi connectivity index (χ3v) is 2.11. The van der Waals surface area contributed by atoms with Crippen molar-refractivity contribution in [3.05, 3.63) is 18.0 Å². The van der Waals surface area contributed by atoms with Crippen molar-refractivity contribution in [2.24, 2.45) is 0 Å². The lowest BCUT2D eigenvalue weighted by atomic mass is 10.2. The predicted octanol–water partition coefficient (Wildman–Crippen LogP) is 2.87. The molecule has 0 fully saturated rings. The minimum absolute atomic E-state index is 0.193. The zero-order chi connectivity index (χ0) is 18.4. The van der Waals surface area contributed by atoms with E-state index in [1.165, 1.54) is 0 Å². The van der Waals surface area contributed by atoms with Gasteiger partial charge in [0.05, 0.1) is 0 Å². The Morgan fingerprint density at radius 3 is 2.29 bits per heavy atom. The molecular weight excluding hydrogens is 314 g/mol. The summed E-state index contributed by atoms with van der Waals surface area (Å²) in [6, 6.07) is 1.67. The Hall–Kier alpha value is -2.69. The number of ether oxygens (including phenoxy) is 2. The number of hydroxylamine groups is 2. The fraction of sp³-hybridized carbons (Fsp3) is 0.562. The average molecular weight is 337 g/mol. The van der Waals surface area contributed by atoms with Crippen molar-refractivity contribution in [3.63, 3.8) is 0 Å². The van der Waals surface area contributed by atoms with E-state index in [2.05, 4.69) is 22.0 Å². The van der Waals surface area contributed by atoms with Crippen molar-refractivity contribution in [1.82, 2.24) is 15.3 Å². The Morgan fingerprint density at radius 1 is 1.17 bits per heavy atom. The summed E-state index contributed by atoms with van der Waals surface area (Å²) in [6.07, 6.45) is -0.244. The smallest absolute Gasteiger partial charge is 0.442 e. The summed E-state index contributed by atoms with van der Waals surface area (Å²) in [4.78, 5) is 28.8. The van der Waals surface area contributed by atoms with Gasteiger partial charge in [0.2, 0.25) is 0 Å². The highest BCUT2D eigenvalue weighted by Crippen LogP contribution is 2.13. The van der Waals surface area contributed by atoms with Gasteiger partial charge in [0.25, 0.3) is 0 Å². The van der Waals surface area contributed by atoms with Gasteiger partial charge in [-0.25, -0.2) is 9.59 Å². The molecule has 0 unspecified atom stereocenters. The molecule has 1 heterocycles. The number of nitrogens with zero attached hydrogens (tertiary/aromatic N) is 2. The predicted molar refractivity (Wildman–Crippen MR) is 85.7 cm³/mol. The number of H-pyrrole nitrogens is 1. The van der Waals surface area contributed by atoms with Gasteiger partial charge in [-0.15, -0.1) is 5.06 Å². The number of amides is 1. The molecule has 0 saturated carbocycles. The summed E-state index contributed by atoms with van der Waals surface area (Å²) in [7, 11) is 0. The monoisotopic (exact) mass is 337 g/mol. The largest absolute Gasteiger partial charge is 0.534 e. The first-order chi connectivity index (χ1) is 11.0. The van der Waals surface area contributed by atoms with Crippen LogP contribution in [0.2, 0.25) is 0 Å². The van der Waals surface area contributed by atoms with Gasteiger partial charge in [-0.05, 0) is 53.5 Å². The standard InChI is InChI=1S/C16H23N3O5/c1-15(2,3)22-13(20)19(24-14(21)23-16(4,5)6)11-7-8-12-9-10-17-18-12/h9-10H,11H2,1-6H3,(H,17,18). The first-order valence-corrected chi connectivity index (χ1v) is 7.36. The maximum absolute atomic E-state index is 12.1. The lowest BCUT2D eigenvalue weighted by molar-refractivity contribution is -0.129. The van der Waals surface area contributed by atoms with Crippen molar-refractivity contribution in [3.8, 4) is 11.8 Å². The molecular formula is C16H23N3O5. The molecule has 0 spiro atoms. The summed E-state index contributed by atoms with van der Waals surface area (Å²) in [6.45, 7) is 9.96. The van der Waals surface area contributed by atoms with Crippen LogP contribution >= 0.6 is 0 Å². The first-order valence-electron chi connectivity index (χ1n) is 7.36. The van der Waals surface area contributed by atoms with Crippen molar-refractivity contribution >= 4 is 12.2 Å². The normalized spacial score (nSPS) is 11.1. The molecule has 24 heavy (non-hydrogen) atoms. The number of carbonyl (C=O) groups excluding carboxylic acids is 2. The lowest BCUT2D eigenvalue weighted by Crippen LogP contribution is -2.40. The summed E-state index contributed by atoms with van der Waals surface area (Å²) in [5.74, 6) is 5.40. The van der Waals surface area contributed by atoms with Gasteiger partial charge < -0.3 is 9.47 Å². The van der Waals surface area contributed by atoms with Gasteiger partial charge in [-0.3, -0.25) is 9.94 Å². The first kappa shape index (κ1) is 19.4. The van der Waals surface area contributed by atoms with E-state index in [9.17, 15) is 9.59 Å². The second-order valence-corrected chi connectivity index (χ2v) is 6.83. The van der Waals surface area contributed by atoms with E-state index in [0.717, 1.165) is 0 Å². The highest BCUT2D eigenvalue weighted by molar-refractivity contribution is 5.70. The lowest BCUT2D eigenvalue weighted by Gasteiger charge is -2.26. The molecule has 1 aromatic heterocycles. The molecule has 0 aliphatic carbocycles. The van der Waals surface area contributed by atoms with E-state index in [0.29, 0.717) is 10.8 Å². The summed E-state index contributed by atoms with van der Waals surface area (Å²) < 4.78 is 10.2. The fourth-order valence-corrected chi connectivity index (χ4v) is 1.34. The minimum Gasteiger partial charge on any atom is -0.442 e. The number of carbonyl (C=O) groups is 2. The van der Waals surface area contributed by atoms with Crippen LogP contribution in [0.25, 0.3) is 0 Å². The van der Waals surface area contributed by atoms with Crippen molar-refractivity contribution in [1.29, 1.82) is 0 Å². The fourth-order valence-electron chi connectivity index (χ4n) is 1.34. The Morgan fingerprint density at radius 2 is 1.79 bits per heavy atom. The average Bonchev–Trinajstić information content (AvgIpc) is 2.86. The van der Waals surface area contributed by atoms with Crippen LogP contribution < -0.4 is 0 Å². The van der Waals surface area contributed by atoms with E-state index in [1.807, 2.05) is 0 Å². The molecule has 0 atom stereocenters. The van der Waals surface area contributed by atoms with E-state index in [1.54, 1.807) is 53.8 Å². The second-order valence-electron chi connectivity index (χ2n) is 6.83. The third-order valence-electron chi connectivity index (χ3n) is 2.11. The SMILES string of the molecule is CC(C)(C)OC(=O)ON(CC#Cc1cc[nH]n1)C(=O)OC(C)(C)C. The van der Waals surface area contributed by atoms with Crippen molar-refractivity contribution in [2.75, 3.05) is 6.54 Å². The Balaban J connectivity index is 2.78. The maximum atomic E-state index is 12.1. The summed E-state index contributed by atoms with van der Waals surface area (Å²) in [5, 5.41) is 7.18. The molecule has 0 aliphatic rings. The van der Waals surface area contributed by atoms with Gasteiger partial charge >= 0.3 is 12.2 Å². The number of hydrogen-bond donors (Lipinski definition) is 1. The van der Waals surface area contributed by atoms with Gasteiger partial charge in [0.1, 0.15) is 23.4 Å². The Labute approximate surface area is 141 Å². The molecule has 1 rings (SSSR count). The van der Waals surface area contributed by atoms with E-state index in [-0.39, 0.29) is 6.54 Å². The molecule has 1 aromatic rings. The second kappa shape index (κ2) is 7.73. The number of rotatable bonds is 1. The highest BCUT2D eigenvalue weighted by Gasteiger charge is 2.27. The molecule has 1 N–H and O–H groups in total. The zero-order valence-electron chi connectivity index (χ0n) is 14.8. The molecule has 8 heteroatoms. The summed E-state index contributed by atoms with van der Waals surface area (Å²) >= 11 is 0. The van der Waals surface area contributed by atoms with E-state index < -0.39 is 23.5 Å². The van der Waals surface area contributed by atoms with Crippen LogP contribution in [0.3, 0.4) is 0 Å². The van der Waals surface area contributed by atoms with Crippen LogP contribution in [0, 0.1) is 11.8 Å².